The van der Waals surface area contributed by atoms with Gasteiger partial charge in [0.05, 0.1) is 12.6 Å². The number of ketones is 1. The molecule has 2 aromatic carbocycles. The number of ether oxygens (including phenoxy) is 2. The van der Waals surface area contributed by atoms with E-state index in [2.05, 4.69) is 36.2 Å². The number of halogens is 4. The second kappa shape index (κ2) is 15.9. The van der Waals surface area contributed by atoms with E-state index in [1.807, 2.05) is 19.1 Å². The molecule has 2 aliphatic rings. The van der Waals surface area contributed by atoms with Gasteiger partial charge in [0.25, 0.3) is 11.8 Å². The summed E-state index contributed by atoms with van der Waals surface area (Å²) in [7, 11) is 1.16. The van der Waals surface area contributed by atoms with Gasteiger partial charge in [0.1, 0.15) is 6.04 Å². The fourth-order valence-electron chi connectivity index (χ4n) is 5.39. The van der Waals surface area contributed by atoms with Gasteiger partial charge in [0.2, 0.25) is 17.7 Å². The molecule has 51 heavy (non-hydrogen) atoms. The first kappa shape index (κ1) is 37.3. The summed E-state index contributed by atoms with van der Waals surface area (Å²) in [5, 5.41) is 11.7. The Bertz CT molecular complexity index is 1740. The van der Waals surface area contributed by atoms with E-state index in [0.717, 1.165) is 38.4 Å². The Morgan fingerprint density at radius 2 is 1.65 bits per heavy atom. The van der Waals surface area contributed by atoms with Crippen molar-refractivity contribution in [2.75, 3.05) is 30.9 Å². The van der Waals surface area contributed by atoms with Crippen molar-refractivity contribution in [3.8, 4) is 6.01 Å². The Kier molecular flexibility index (Phi) is 11.6. The Morgan fingerprint density at radius 1 is 0.980 bits per heavy atom. The monoisotopic (exact) mass is 731 g/mol. The molecule has 0 aliphatic heterocycles. The van der Waals surface area contributed by atoms with Crippen LogP contribution in [0.2, 0.25) is 5.02 Å². The lowest BCUT2D eigenvalue weighted by Gasteiger charge is -2.19. The van der Waals surface area contributed by atoms with Gasteiger partial charge < -0.3 is 30.7 Å². The Morgan fingerprint density at radius 3 is 2.25 bits per heavy atom. The predicted molar refractivity (Wildman–Crippen MR) is 179 cm³/mol. The maximum Gasteiger partial charge on any atom is 0.422 e. The zero-order valence-corrected chi connectivity index (χ0v) is 28.6. The van der Waals surface area contributed by atoms with E-state index in [1.165, 1.54) is 24.3 Å². The Balaban J connectivity index is 1.21. The minimum Gasteiger partial charge on any atom is -0.467 e. The Labute approximate surface area is 296 Å². The van der Waals surface area contributed by atoms with Crippen LogP contribution in [-0.4, -0.2) is 71.0 Å². The molecule has 0 spiro atoms. The number of methoxy groups -OCH3 is 1. The number of rotatable bonds is 17. The topological polar surface area (TPSA) is 174 Å². The molecule has 0 radical (unpaired) electrons. The number of nitrogens with one attached hydrogen (secondary N) is 4. The van der Waals surface area contributed by atoms with Crippen LogP contribution in [0.3, 0.4) is 0 Å². The van der Waals surface area contributed by atoms with Crippen LogP contribution in [0.25, 0.3) is 0 Å². The minimum atomic E-state index is -4.63. The number of amides is 2. The fourth-order valence-corrected chi connectivity index (χ4v) is 5.51. The van der Waals surface area contributed by atoms with Crippen LogP contribution in [0.4, 0.5) is 30.8 Å². The van der Waals surface area contributed by atoms with E-state index in [-0.39, 0.29) is 42.8 Å². The van der Waals surface area contributed by atoms with Gasteiger partial charge in [-0.1, -0.05) is 30.7 Å². The van der Waals surface area contributed by atoms with Gasteiger partial charge in [-0.15, -0.1) is 0 Å². The number of aromatic nitrogens is 3. The summed E-state index contributed by atoms with van der Waals surface area (Å²) >= 11 is 6.02. The molecule has 4 N–H and O–H groups in total. The number of hydrogen-bond acceptors (Lipinski definition) is 11. The molecule has 5 rings (SSSR count). The molecule has 2 saturated carbocycles. The summed E-state index contributed by atoms with van der Waals surface area (Å²) in [5.74, 6) is -2.16. The van der Waals surface area contributed by atoms with Crippen molar-refractivity contribution < 1.29 is 41.8 Å². The van der Waals surface area contributed by atoms with Crippen LogP contribution in [0, 0.1) is 11.8 Å². The third-order valence-corrected chi connectivity index (χ3v) is 8.83. The maximum atomic E-state index is 13.0. The number of Topliss-reactive ketones (excluding diaryl/α,β-unsaturated/α-hetero) is 1. The number of nitrogens with zero attached hydrogens (tertiary/aromatic N) is 3. The number of carbonyl (C=O) groups is 4. The van der Waals surface area contributed by atoms with Gasteiger partial charge in [0, 0.05) is 29.2 Å². The van der Waals surface area contributed by atoms with Crippen LogP contribution < -0.4 is 26.0 Å². The zero-order valence-electron chi connectivity index (χ0n) is 27.8. The zero-order chi connectivity index (χ0) is 36.8. The highest BCUT2D eigenvalue weighted by Crippen LogP contribution is 2.48. The molecule has 1 unspecified atom stereocenters. The van der Waals surface area contributed by atoms with Crippen molar-refractivity contribution in [1.29, 1.82) is 0 Å². The van der Waals surface area contributed by atoms with Crippen LogP contribution in [0.15, 0.2) is 48.5 Å². The first-order chi connectivity index (χ1) is 24.2. The van der Waals surface area contributed by atoms with E-state index < -0.39 is 53.9 Å². The first-order valence-corrected chi connectivity index (χ1v) is 16.7. The van der Waals surface area contributed by atoms with Crippen LogP contribution >= 0.6 is 11.6 Å². The van der Waals surface area contributed by atoms with E-state index in [0.29, 0.717) is 16.6 Å². The van der Waals surface area contributed by atoms with Crippen LogP contribution in [-0.2, 0) is 24.7 Å². The highest BCUT2D eigenvalue weighted by molar-refractivity contribution is 6.36. The smallest absolute Gasteiger partial charge is 0.422 e. The number of benzene rings is 2. The minimum absolute atomic E-state index is 0.0182. The normalized spacial score (nSPS) is 15.9. The SMILES string of the molecule is COC(=O)[C@H](CCNC(=O)C(=O)CC(C)C1CC1)NC(=O)c1ccc(Nc2nc(NC3(c4ccc(Cl)cc4)CC3)nc(OCC(F)(F)F)n2)cc1. The highest BCUT2D eigenvalue weighted by atomic mass is 35.5. The lowest BCUT2D eigenvalue weighted by Crippen LogP contribution is -2.44. The lowest BCUT2D eigenvalue weighted by molar-refractivity contribution is -0.154. The van der Waals surface area contributed by atoms with Crippen molar-refractivity contribution >= 4 is 52.8 Å². The summed E-state index contributed by atoms with van der Waals surface area (Å²) in [4.78, 5) is 62.2. The Hall–Kier alpha value is -4.99. The molecule has 1 aromatic heterocycles. The van der Waals surface area contributed by atoms with Crippen molar-refractivity contribution in [3.05, 3.63) is 64.7 Å². The average Bonchev–Trinajstić information content (AvgIpc) is 4.03. The predicted octanol–water partition coefficient (Wildman–Crippen LogP) is 5.09. The number of hydrogen-bond donors (Lipinski definition) is 4. The molecule has 0 saturated heterocycles. The van der Waals surface area contributed by atoms with Gasteiger partial charge in [-0.2, -0.15) is 28.1 Å². The van der Waals surface area contributed by atoms with Crippen molar-refractivity contribution in [3.63, 3.8) is 0 Å². The van der Waals surface area contributed by atoms with Gasteiger partial charge >= 0.3 is 18.2 Å². The molecular formula is C34H37ClF3N7O6. The molecule has 2 amide bonds. The number of alkyl halides is 3. The van der Waals surface area contributed by atoms with E-state index >= 15 is 0 Å². The molecule has 13 nitrogen and oxygen atoms in total. The number of carbonyl (C=O) groups excluding carboxylic acids is 4. The third-order valence-electron chi connectivity index (χ3n) is 8.58. The largest absolute Gasteiger partial charge is 0.467 e. The highest BCUT2D eigenvalue weighted by Gasteiger charge is 2.45. The average molecular weight is 732 g/mol. The third kappa shape index (κ3) is 10.7. The van der Waals surface area contributed by atoms with Crippen LogP contribution in [0.5, 0.6) is 6.01 Å². The molecular weight excluding hydrogens is 695 g/mol. The molecule has 1 heterocycles. The van der Waals surface area contributed by atoms with Gasteiger partial charge in [-0.25, -0.2) is 4.79 Å². The standard InChI is InChI=1S/C34H37ClF3N7O6/c1-19(20-3-4-20)17-26(46)28(48)39-16-13-25(29(49)50-2)41-27(47)21-5-11-24(12-6-21)40-30-42-31(44-32(43-30)51-18-34(36,37)38)45-33(14-15-33)22-7-9-23(35)10-8-22/h5-12,19-20,25H,3-4,13-18H2,1-2H3,(H,39,48)(H,41,47)(H2,40,42,43,44,45)/t19?,25-/m0/s1. The quantitative estimate of drug-likeness (QED) is 0.108. The first-order valence-electron chi connectivity index (χ1n) is 16.3. The van der Waals surface area contributed by atoms with Crippen molar-refractivity contribution in [2.24, 2.45) is 11.8 Å². The molecule has 2 atom stereocenters. The summed E-state index contributed by atoms with van der Waals surface area (Å²) in [6.07, 6.45) is -0.938. The maximum absolute atomic E-state index is 13.0. The van der Waals surface area contributed by atoms with Gasteiger partial charge in [-0.3, -0.25) is 14.4 Å². The summed E-state index contributed by atoms with van der Waals surface area (Å²) in [6, 6.07) is 11.4. The van der Waals surface area contributed by atoms with E-state index in [9.17, 15) is 32.3 Å². The molecule has 3 aromatic rings. The molecule has 0 bridgehead atoms. The molecule has 272 valence electrons. The fraction of sp³-hybridized carbons (Fsp3) is 0.441. The van der Waals surface area contributed by atoms with Crippen molar-refractivity contribution in [2.45, 2.75) is 63.2 Å². The molecule has 17 heteroatoms. The van der Waals surface area contributed by atoms with Gasteiger partial charge in [-0.05, 0) is 85.9 Å². The molecule has 2 aliphatic carbocycles. The summed E-state index contributed by atoms with van der Waals surface area (Å²) in [6.45, 7) is 0.276. The van der Waals surface area contributed by atoms with E-state index in [4.69, 9.17) is 21.1 Å². The lowest BCUT2D eigenvalue weighted by atomic mass is 9.99. The number of anilines is 3. The summed E-state index contributed by atoms with van der Waals surface area (Å²) < 4.78 is 48.4. The number of esters is 1. The van der Waals surface area contributed by atoms with Gasteiger partial charge in [0.15, 0.2) is 6.61 Å². The second-order valence-electron chi connectivity index (χ2n) is 12.6. The molecule has 2 fully saturated rings. The van der Waals surface area contributed by atoms with E-state index in [1.54, 1.807) is 12.1 Å². The van der Waals surface area contributed by atoms with Crippen LogP contribution in [0.1, 0.15) is 61.4 Å². The summed E-state index contributed by atoms with van der Waals surface area (Å²) in [5.41, 5.74) is 0.890. The van der Waals surface area contributed by atoms with Crippen molar-refractivity contribution in [1.82, 2.24) is 25.6 Å². The second-order valence-corrected chi connectivity index (χ2v) is 13.1.